The fraction of sp³-hybridized carbons (Fsp3) is 0.714. The Labute approximate surface area is 57.1 Å². The Balaban J connectivity index is 3.27. The molecular weight excluding hydrogens is 114 g/mol. The van der Waals surface area contributed by atoms with Crippen molar-refractivity contribution in [3.63, 3.8) is 0 Å². The third kappa shape index (κ3) is 5.53. The summed E-state index contributed by atoms with van der Waals surface area (Å²) in [7, 11) is 5.71. The van der Waals surface area contributed by atoms with E-state index in [9.17, 15) is 0 Å². The van der Waals surface area contributed by atoms with Crippen LogP contribution in [0.1, 0.15) is 0 Å². The normalized spacial score (nSPS) is 10.2. The Hall–Kier alpha value is -0.340. The number of ether oxygens (including phenoxy) is 1. The van der Waals surface area contributed by atoms with E-state index >= 15 is 0 Å². The molecule has 0 aromatic heterocycles. The van der Waals surface area contributed by atoms with Gasteiger partial charge >= 0.3 is 0 Å². The highest BCUT2D eigenvalue weighted by Crippen LogP contribution is 1.90. The molecule has 0 aliphatic heterocycles. The molecule has 0 unspecified atom stereocenters. The molecule has 0 bridgehead atoms. The summed E-state index contributed by atoms with van der Waals surface area (Å²) in [6, 6.07) is 0. The SMILES string of the molecule is C=C(COC)CN(C)C. The number of hydrogen-bond acceptors (Lipinski definition) is 2. The van der Waals surface area contributed by atoms with Crippen LogP contribution in [0.5, 0.6) is 0 Å². The van der Waals surface area contributed by atoms with E-state index in [0.29, 0.717) is 6.61 Å². The van der Waals surface area contributed by atoms with Crippen LogP contribution in [0.4, 0.5) is 0 Å². The predicted octanol–water partition coefficient (Wildman–Crippen LogP) is 0.751. The highest BCUT2D eigenvalue weighted by atomic mass is 16.5. The Morgan fingerprint density at radius 2 is 2.11 bits per heavy atom. The third-order valence-electron chi connectivity index (χ3n) is 0.888. The van der Waals surface area contributed by atoms with Gasteiger partial charge in [-0.1, -0.05) is 6.58 Å². The lowest BCUT2D eigenvalue weighted by Crippen LogP contribution is -2.16. The largest absolute Gasteiger partial charge is 0.380 e. The molecule has 0 spiro atoms. The molecule has 0 heterocycles. The standard InChI is InChI=1S/C7H15NO/c1-7(6-9-4)5-8(2)3/h1,5-6H2,2-4H3. The molecule has 0 aromatic rings. The minimum absolute atomic E-state index is 0.665. The van der Waals surface area contributed by atoms with E-state index in [4.69, 9.17) is 4.74 Å². The van der Waals surface area contributed by atoms with Crippen LogP contribution in [-0.4, -0.2) is 39.3 Å². The first-order chi connectivity index (χ1) is 4.16. The van der Waals surface area contributed by atoms with Crippen molar-refractivity contribution in [3.8, 4) is 0 Å². The second-order valence-electron chi connectivity index (χ2n) is 2.42. The number of hydrogen-bond donors (Lipinski definition) is 0. The van der Waals surface area contributed by atoms with Crippen LogP contribution in [0, 0.1) is 0 Å². The maximum atomic E-state index is 4.88. The average molecular weight is 129 g/mol. The Morgan fingerprint density at radius 3 is 2.44 bits per heavy atom. The van der Waals surface area contributed by atoms with Gasteiger partial charge in [0.05, 0.1) is 6.61 Å². The summed E-state index contributed by atoms with van der Waals surface area (Å²) in [6.07, 6.45) is 0. The van der Waals surface area contributed by atoms with E-state index in [2.05, 4.69) is 11.5 Å². The van der Waals surface area contributed by atoms with E-state index in [0.717, 1.165) is 12.1 Å². The maximum Gasteiger partial charge on any atom is 0.0682 e. The van der Waals surface area contributed by atoms with Crippen LogP contribution >= 0.6 is 0 Å². The van der Waals surface area contributed by atoms with Crippen molar-refractivity contribution < 1.29 is 4.74 Å². The first-order valence-electron chi connectivity index (χ1n) is 2.97. The van der Waals surface area contributed by atoms with Crippen LogP contribution in [-0.2, 0) is 4.74 Å². The van der Waals surface area contributed by atoms with Gasteiger partial charge in [0.25, 0.3) is 0 Å². The Morgan fingerprint density at radius 1 is 1.56 bits per heavy atom. The van der Waals surface area contributed by atoms with E-state index in [1.54, 1.807) is 7.11 Å². The lowest BCUT2D eigenvalue weighted by molar-refractivity contribution is 0.219. The van der Waals surface area contributed by atoms with Crippen molar-refractivity contribution in [1.29, 1.82) is 0 Å². The van der Waals surface area contributed by atoms with Gasteiger partial charge in [0.15, 0.2) is 0 Å². The molecule has 0 N–H and O–H groups in total. The maximum absolute atomic E-state index is 4.88. The molecule has 0 radical (unpaired) electrons. The molecule has 2 heteroatoms. The van der Waals surface area contributed by atoms with E-state index < -0.39 is 0 Å². The second-order valence-corrected chi connectivity index (χ2v) is 2.42. The average Bonchev–Trinajstić information content (AvgIpc) is 1.63. The van der Waals surface area contributed by atoms with Gasteiger partial charge in [-0.15, -0.1) is 0 Å². The monoisotopic (exact) mass is 129 g/mol. The number of rotatable bonds is 4. The van der Waals surface area contributed by atoms with Crippen molar-refractivity contribution in [2.24, 2.45) is 0 Å². The molecule has 2 nitrogen and oxygen atoms in total. The zero-order valence-electron chi connectivity index (χ0n) is 6.48. The fourth-order valence-electron chi connectivity index (χ4n) is 0.697. The van der Waals surface area contributed by atoms with E-state index in [1.165, 1.54) is 0 Å². The van der Waals surface area contributed by atoms with Gasteiger partial charge in [-0.25, -0.2) is 0 Å². The smallest absolute Gasteiger partial charge is 0.0682 e. The van der Waals surface area contributed by atoms with Crippen LogP contribution in [0.15, 0.2) is 12.2 Å². The van der Waals surface area contributed by atoms with Crippen molar-refractivity contribution in [2.45, 2.75) is 0 Å². The highest BCUT2D eigenvalue weighted by Gasteiger charge is 1.93. The highest BCUT2D eigenvalue weighted by molar-refractivity contribution is 4.96. The molecule has 54 valence electrons. The molecule has 0 amide bonds. The summed E-state index contributed by atoms with van der Waals surface area (Å²) in [5, 5.41) is 0. The van der Waals surface area contributed by atoms with Crippen LogP contribution < -0.4 is 0 Å². The minimum atomic E-state index is 0.665. The number of likely N-dealkylation sites (N-methyl/N-ethyl adjacent to an activating group) is 1. The first kappa shape index (κ1) is 8.66. The Kier molecular flexibility index (Phi) is 4.36. The fourth-order valence-corrected chi connectivity index (χ4v) is 0.697. The molecule has 9 heavy (non-hydrogen) atoms. The van der Waals surface area contributed by atoms with Crippen LogP contribution in [0.2, 0.25) is 0 Å². The number of nitrogens with zero attached hydrogens (tertiary/aromatic N) is 1. The van der Waals surface area contributed by atoms with Crippen LogP contribution in [0.25, 0.3) is 0 Å². The summed E-state index contributed by atoms with van der Waals surface area (Å²) in [4.78, 5) is 2.07. The molecule has 0 aliphatic rings. The zero-order valence-corrected chi connectivity index (χ0v) is 6.48. The molecule has 0 rings (SSSR count). The molecule has 0 saturated carbocycles. The van der Waals surface area contributed by atoms with Crippen molar-refractivity contribution >= 4 is 0 Å². The quantitative estimate of drug-likeness (QED) is 0.519. The molecule has 0 aliphatic carbocycles. The van der Waals surface area contributed by atoms with E-state index in [1.807, 2.05) is 14.1 Å². The van der Waals surface area contributed by atoms with Gasteiger partial charge in [-0.3, -0.25) is 0 Å². The summed E-state index contributed by atoms with van der Waals surface area (Å²) in [6.45, 7) is 5.39. The van der Waals surface area contributed by atoms with Gasteiger partial charge in [0.1, 0.15) is 0 Å². The minimum Gasteiger partial charge on any atom is -0.380 e. The van der Waals surface area contributed by atoms with Gasteiger partial charge < -0.3 is 9.64 Å². The number of methoxy groups -OCH3 is 1. The third-order valence-corrected chi connectivity index (χ3v) is 0.888. The molecule has 0 fully saturated rings. The summed E-state index contributed by atoms with van der Waals surface area (Å²) >= 11 is 0. The van der Waals surface area contributed by atoms with Gasteiger partial charge in [0, 0.05) is 13.7 Å². The summed E-state index contributed by atoms with van der Waals surface area (Å²) in [5.41, 5.74) is 1.11. The van der Waals surface area contributed by atoms with Gasteiger partial charge in [-0.2, -0.15) is 0 Å². The molecule has 0 saturated heterocycles. The van der Waals surface area contributed by atoms with Crippen LogP contribution in [0.3, 0.4) is 0 Å². The van der Waals surface area contributed by atoms with E-state index in [-0.39, 0.29) is 0 Å². The Bertz CT molecular complexity index is 88.9. The topological polar surface area (TPSA) is 12.5 Å². The first-order valence-corrected chi connectivity index (χ1v) is 2.97. The summed E-state index contributed by atoms with van der Waals surface area (Å²) in [5.74, 6) is 0. The predicted molar refractivity (Wildman–Crippen MR) is 39.6 cm³/mol. The van der Waals surface area contributed by atoms with Crippen molar-refractivity contribution in [1.82, 2.24) is 4.90 Å². The second kappa shape index (κ2) is 4.53. The van der Waals surface area contributed by atoms with Crippen molar-refractivity contribution in [3.05, 3.63) is 12.2 Å². The zero-order chi connectivity index (χ0) is 7.28. The lowest BCUT2D eigenvalue weighted by atomic mass is 10.3. The van der Waals surface area contributed by atoms with Gasteiger partial charge in [0.2, 0.25) is 0 Å². The summed E-state index contributed by atoms with van der Waals surface area (Å²) < 4.78 is 4.88. The molecule has 0 aromatic carbocycles. The molecule has 0 atom stereocenters. The lowest BCUT2D eigenvalue weighted by Gasteiger charge is -2.10. The van der Waals surface area contributed by atoms with Crippen molar-refractivity contribution in [2.75, 3.05) is 34.4 Å². The van der Waals surface area contributed by atoms with Gasteiger partial charge in [-0.05, 0) is 19.7 Å². The molecular formula is C7H15NO.